The van der Waals surface area contributed by atoms with E-state index in [9.17, 15) is 0 Å². The molecule has 1 aliphatic heterocycles. The van der Waals surface area contributed by atoms with Gasteiger partial charge in [-0.15, -0.1) is 0 Å². The van der Waals surface area contributed by atoms with E-state index in [1.165, 1.54) is 35.3 Å². The van der Waals surface area contributed by atoms with E-state index < -0.39 is 0 Å². The number of nitrogens with one attached hydrogen (secondary N) is 2. The van der Waals surface area contributed by atoms with Crippen LogP contribution < -0.4 is 10.2 Å². The Labute approximate surface area is 152 Å². The van der Waals surface area contributed by atoms with Gasteiger partial charge in [0.2, 0.25) is 5.95 Å². The van der Waals surface area contributed by atoms with E-state index in [1.54, 1.807) is 0 Å². The first-order valence-corrected chi connectivity index (χ1v) is 9.29. The van der Waals surface area contributed by atoms with Crippen molar-refractivity contribution in [2.75, 3.05) is 16.8 Å². The van der Waals surface area contributed by atoms with E-state index in [0.717, 1.165) is 31.0 Å². The molecular formula is C20H22N6. The van der Waals surface area contributed by atoms with Crippen LogP contribution in [-0.4, -0.2) is 26.7 Å². The SMILES string of the molecule is Cc1cccc2c1N(c1ccnc(Nc3cc(C4CC4)[nH]n3)n1)CCC2. The number of aryl methyl sites for hydroxylation is 2. The molecule has 0 bridgehead atoms. The molecule has 0 amide bonds. The molecule has 6 heteroatoms. The summed E-state index contributed by atoms with van der Waals surface area (Å²) in [6.07, 6.45) is 6.57. The quantitative estimate of drug-likeness (QED) is 0.740. The first kappa shape index (κ1) is 15.4. The molecule has 2 aliphatic rings. The molecular weight excluding hydrogens is 324 g/mol. The molecule has 2 N–H and O–H groups in total. The maximum absolute atomic E-state index is 4.75. The standard InChI is InChI=1S/C20H22N6/c1-13-4-2-5-15-6-3-11-26(19(13)15)18-9-10-21-20(23-18)22-17-12-16(24-25-17)14-7-8-14/h2,4-5,9-10,12,14H,3,6-8,11H2,1H3,(H2,21,22,23,24,25). The molecule has 0 saturated heterocycles. The Morgan fingerprint density at radius 1 is 1.23 bits per heavy atom. The van der Waals surface area contributed by atoms with Gasteiger partial charge in [-0.1, -0.05) is 18.2 Å². The van der Waals surface area contributed by atoms with Crippen LogP contribution in [0.25, 0.3) is 0 Å². The van der Waals surface area contributed by atoms with Gasteiger partial charge in [0.25, 0.3) is 0 Å². The zero-order valence-corrected chi connectivity index (χ0v) is 14.9. The van der Waals surface area contributed by atoms with E-state index in [-0.39, 0.29) is 0 Å². The van der Waals surface area contributed by atoms with Crippen molar-refractivity contribution < 1.29 is 0 Å². The highest BCUT2D eigenvalue weighted by Gasteiger charge is 2.26. The summed E-state index contributed by atoms with van der Waals surface area (Å²) >= 11 is 0. The minimum atomic E-state index is 0.581. The van der Waals surface area contributed by atoms with Gasteiger partial charge in [-0.2, -0.15) is 10.1 Å². The lowest BCUT2D eigenvalue weighted by molar-refractivity contribution is 0.756. The Hall–Kier alpha value is -2.89. The zero-order valence-electron chi connectivity index (χ0n) is 14.9. The minimum absolute atomic E-state index is 0.581. The normalized spacial score (nSPS) is 16.4. The van der Waals surface area contributed by atoms with Crippen molar-refractivity contribution in [3.05, 3.63) is 53.3 Å². The van der Waals surface area contributed by atoms with Crippen LogP contribution in [0.3, 0.4) is 0 Å². The van der Waals surface area contributed by atoms with Gasteiger partial charge in [-0.05, 0) is 49.8 Å². The fraction of sp³-hybridized carbons (Fsp3) is 0.350. The second-order valence-electron chi connectivity index (χ2n) is 7.18. The molecule has 0 spiro atoms. The Morgan fingerprint density at radius 2 is 2.15 bits per heavy atom. The third-order valence-electron chi connectivity index (χ3n) is 5.19. The van der Waals surface area contributed by atoms with Crippen molar-refractivity contribution in [1.82, 2.24) is 20.2 Å². The molecule has 0 unspecified atom stereocenters. The highest BCUT2D eigenvalue weighted by Crippen LogP contribution is 2.40. The summed E-state index contributed by atoms with van der Waals surface area (Å²) in [5, 5.41) is 10.7. The van der Waals surface area contributed by atoms with Crippen LogP contribution in [0, 0.1) is 6.92 Å². The topological polar surface area (TPSA) is 69.7 Å². The summed E-state index contributed by atoms with van der Waals surface area (Å²) in [5.74, 6) is 2.94. The Bertz CT molecular complexity index is 943. The fourth-order valence-corrected chi connectivity index (χ4v) is 3.75. The molecule has 6 nitrogen and oxygen atoms in total. The van der Waals surface area contributed by atoms with Crippen molar-refractivity contribution in [1.29, 1.82) is 0 Å². The third-order valence-corrected chi connectivity index (χ3v) is 5.19. The molecule has 26 heavy (non-hydrogen) atoms. The van der Waals surface area contributed by atoms with Gasteiger partial charge in [0.05, 0.1) is 0 Å². The van der Waals surface area contributed by atoms with Crippen molar-refractivity contribution in [3.8, 4) is 0 Å². The molecule has 1 aliphatic carbocycles. The lowest BCUT2D eigenvalue weighted by Crippen LogP contribution is -2.26. The summed E-state index contributed by atoms with van der Waals surface area (Å²) in [6.45, 7) is 3.14. The van der Waals surface area contributed by atoms with E-state index >= 15 is 0 Å². The lowest BCUT2D eigenvalue weighted by Gasteiger charge is -2.32. The van der Waals surface area contributed by atoms with Crippen LogP contribution in [-0.2, 0) is 6.42 Å². The predicted octanol–water partition coefficient (Wildman–Crippen LogP) is 4.21. The van der Waals surface area contributed by atoms with E-state index in [0.29, 0.717) is 11.9 Å². The number of rotatable bonds is 4. The number of aromatic amines is 1. The Morgan fingerprint density at radius 3 is 3.04 bits per heavy atom. The van der Waals surface area contributed by atoms with Crippen LogP contribution in [0.2, 0.25) is 0 Å². The largest absolute Gasteiger partial charge is 0.326 e. The van der Waals surface area contributed by atoms with Crippen molar-refractivity contribution >= 4 is 23.3 Å². The first-order valence-electron chi connectivity index (χ1n) is 9.29. The second-order valence-corrected chi connectivity index (χ2v) is 7.18. The summed E-state index contributed by atoms with van der Waals surface area (Å²) in [5.41, 5.74) is 5.17. The average Bonchev–Trinajstić information content (AvgIpc) is 3.41. The molecule has 0 atom stereocenters. The van der Waals surface area contributed by atoms with Gasteiger partial charge >= 0.3 is 0 Å². The molecule has 3 aromatic rings. The lowest BCUT2D eigenvalue weighted by atomic mass is 9.98. The number of hydrogen-bond acceptors (Lipinski definition) is 5. The van der Waals surface area contributed by atoms with E-state index in [1.807, 2.05) is 12.3 Å². The minimum Gasteiger partial charge on any atom is -0.326 e. The van der Waals surface area contributed by atoms with Crippen molar-refractivity contribution in [2.24, 2.45) is 0 Å². The number of nitrogens with zero attached hydrogens (tertiary/aromatic N) is 4. The molecule has 3 heterocycles. The zero-order chi connectivity index (χ0) is 17.5. The van der Waals surface area contributed by atoms with Crippen LogP contribution in [0.4, 0.5) is 23.3 Å². The Balaban J connectivity index is 1.43. The van der Waals surface area contributed by atoms with Gasteiger partial charge < -0.3 is 10.2 Å². The van der Waals surface area contributed by atoms with E-state index in [4.69, 9.17) is 4.98 Å². The molecule has 132 valence electrons. The summed E-state index contributed by atoms with van der Waals surface area (Å²) in [6, 6.07) is 10.6. The predicted molar refractivity (Wildman–Crippen MR) is 102 cm³/mol. The number of fused-ring (bicyclic) bond motifs is 1. The number of para-hydroxylation sites is 1. The van der Waals surface area contributed by atoms with Gasteiger partial charge in [0, 0.05) is 36.1 Å². The molecule has 2 aromatic heterocycles. The number of benzene rings is 1. The molecule has 1 saturated carbocycles. The van der Waals surface area contributed by atoms with Gasteiger partial charge in [-0.3, -0.25) is 5.10 Å². The van der Waals surface area contributed by atoms with Gasteiger partial charge in [0.15, 0.2) is 5.82 Å². The molecule has 1 aromatic carbocycles. The van der Waals surface area contributed by atoms with Gasteiger partial charge in [-0.25, -0.2) is 4.98 Å². The third kappa shape index (κ3) is 2.81. The molecule has 0 radical (unpaired) electrons. The second kappa shape index (κ2) is 6.12. The maximum atomic E-state index is 4.75. The van der Waals surface area contributed by atoms with Crippen molar-refractivity contribution in [2.45, 2.75) is 38.5 Å². The van der Waals surface area contributed by atoms with Crippen LogP contribution >= 0.6 is 0 Å². The Kier molecular flexibility index (Phi) is 3.62. The fourth-order valence-electron chi connectivity index (χ4n) is 3.75. The van der Waals surface area contributed by atoms with Crippen molar-refractivity contribution in [3.63, 3.8) is 0 Å². The van der Waals surface area contributed by atoms with E-state index in [2.05, 4.69) is 56.6 Å². The number of anilines is 4. The summed E-state index contributed by atoms with van der Waals surface area (Å²) in [7, 11) is 0. The highest BCUT2D eigenvalue weighted by molar-refractivity contribution is 5.69. The molecule has 5 rings (SSSR count). The average molecular weight is 346 g/mol. The number of aromatic nitrogens is 4. The maximum Gasteiger partial charge on any atom is 0.230 e. The van der Waals surface area contributed by atoms with Crippen LogP contribution in [0.1, 0.15) is 42.0 Å². The number of H-pyrrole nitrogens is 1. The number of hydrogen-bond donors (Lipinski definition) is 2. The summed E-state index contributed by atoms with van der Waals surface area (Å²) in [4.78, 5) is 11.4. The smallest absolute Gasteiger partial charge is 0.230 e. The van der Waals surface area contributed by atoms with Crippen LogP contribution in [0.15, 0.2) is 36.5 Å². The molecule has 1 fully saturated rings. The van der Waals surface area contributed by atoms with Gasteiger partial charge in [0.1, 0.15) is 5.82 Å². The summed E-state index contributed by atoms with van der Waals surface area (Å²) < 4.78 is 0. The van der Waals surface area contributed by atoms with Crippen LogP contribution in [0.5, 0.6) is 0 Å². The first-order chi connectivity index (χ1) is 12.8. The highest BCUT2D eigenvalue weighted by atomic mass is 15.3. The monoisotopic (exact) mass is 346 g/mol.